The van der Waals surface area contributed by atoms with Gasteiger partial charge in [0, 0.05) is 29.1 Å². The Kier molecular flexibility index (Phi) is 4.16. The molecule has 0 spiro atoms. The van der Waals surface area contributed by atoms with Gasteiger partial charge in [-0.1, -0.05) is 23.7 Å². The van der Waals surface area contributed by atoms with E-state index in [0.29, 0.717) is 16.4 Å². The molecule has 2 N–H and O–H groups in total. The second kappa shape index (κ2) is 6.41. The minimum absolute atomic E-state index is 0.0228. The molecule has 2 heterocycles. The van der Waals surface area contributed by atoms with Crippen molar-refractivity contribution in [2.45, 2.75) is 0 Å². The number of carbonyl (C=O) groups excluding carboxylic acids is 1. The van der Waals surface area contributed by atoms with Gasteiger partial charge in [0.1, 0.15) is 0 Å². The number of aromatic nitrogens is 4. The van der Waals surface area contributed by atoms with E-state index in [2.05, 4.69) is 15.1 Å². The average molecular weight is 326 g/mol. The van der Waals surface area contributed by atoms with E-state index in [-0.39, 0.29) is 11.9 Å². The molecule has 0 saturated heterocycles. The Morgan fingerprint density at radius 3 is 2.70 bits per heavy atom. The first-order valence-corrected chi connectivity index (χ1v) is 7.12. The minimum atomic E-state index is -0.389. The van der Waals surface area contributed by atoms with Crippen molar-refractivity contribution in [1.29, 1.82) is 0 Å². The zero-order chi connectivity index (χ0) is 16.2. The van der Waals surface area contributed by atoms with Crippen LogP contribution in [0.2, 0.25) is 5.02 Å². The summed E-state index contributed by atoms with van der Waals surface area (Å²) >= 11 is 5.82. The van der Waals surface area contributed by atoms with Crippen molar-refractivity contribution < 1.29 is 4.79 Å². The van der Waals surface area contributed by atoms with Gasteiger partial charge in [0.25, 0.3) is 5.91 Å². The van der Waals surface area contributed by atoms with Gasteiger partial charge < -0.3 is 5.73 Å². The fraction of sp³-hybridized carbons (Fsp3) is 0. The van der Waals surface area contributed by atoms with Crippen molar-refractivity contribution in [2.75, 3.05) is 5.73 Å². The third kappa shape index (κ3) is 3.44. The van der Waals surface area contributed by atoms with Gasteiger partial charge >= 0.3 is 0 Å². The zero-order valence-corrected chi connectivity index (χ0v) is 12.7. The van der Waals surface area contributed by atoms with Crippen molar-refractivity contribution in [3.05, 3.63) is 65.5 Å². The molecular weight excluding hydrogens is 314 g/mol. The molecule has 0 saturated carbocycles. The Morgan fingerprint density at radius 1 is 1.22 bits per heavy atom. The lowest BCUT2D eigenvalue weighted by Gasteiger charge is -1.96. The highest BCUT2D eigenvalue weighted by Crippen LogP contribution is 2.15. The topological polar surface area (TPSA) is 86.7 Å². The van der Waals surface area contributed by atoms with Gasteiger partial charge in [-0.15, -0.1) is 5.10 Å². The molecule has 0 unspecified atom stereocenters. The molecule has 0 aliphatic rings. The van der Waals surface area contributed by atoms with Crippen molar-refractivity contribution >= 4 is 29.5 Å². The van der Waals surface area contributed by atoms with E-state index >= 15 is 0 Å². The second-order valence-corrected chi connectivity index (χ2v) is 5.11. The number of nitrogen functional groups attached to an aromatic ring is 1. The van der Waals surface area contributed by atoms with Gasteiger partial charge in [0.2, 0.25) is 5.95 Å². The molecule has 0 bridgehead atoms. The lowest BCUT2D eigenvalue weighted by molar-refractivity contribution is 0.0958. The number of hydrogen-bond acceptors (Lipinski definition) is 5. The Morgan fingerprint density at radius 2 is 2.00 bits per heavy atom. The van der Waals surface area contributed by atoms with Crippen LogP contribution in [0.25, 0.3) is 17.5 Å². The summed E-state index contributed by atoms with van der Waals surface area (Å²) in [7, 11) is 0. The Bertz CT molecular complexity index is 856. The molecule has 23 heavy (non-hydrogen) atoms. The molecule has 0 amide bonds. The first kappa shape index (κ1) is 14.9. The fourth-order valence-corrected chi connectivity index (χ4v) is 2.04. The molecule has 0 radical (unpaired) electrons. The molecule has 3 aromatic rings. The summed E-state index contributed by atoms with van der Waals surface area (Å²) in [6.07, 6.45) is 6.28. The number of benzene rings is 1. The standard InChI is InChI=1S/C16H12ClN5O/c17-13-6-3-11(4-7-13)5-8-14(23)22-16(18)20-15(21-22)12-2-1-9-19-10-12/h1-10H,(H2,18,20,21). The fourth-order valence-electron chi connectivity index (χ4n) is 1.92. The highest BCUT2D eigenvalue weighted by atomic mass is 35.5. The maximum Gasteiger partial charge on any atom is 0.274 e. The number of nitrogens with zero attached hydrogens (tertiary/aromatic N) is 4. The number of anilines is 1. The van der Waals surface area contributed by atoms with Crippen LogP contribution in [0.15, 0.2) is 54.9 Å². The van der Waals surface area contributed by atoms with Crippen LogP contribution in [-0.4, -0.2) is 25.7 Å². The SMILES string of the molecule is Nc1nc(-c2cccnc2)nn1C(=O)C=Cc1ccc(Cl)cc1. The van der Waals surface area contributed by atoms with Gasteiger partial charge in [-0.2, -0.15) is 9.67 Å². The van der Waals surface area contributed by atoms with Crippen LogP contribution in [0.3, 0.4) is 0 Å². The molecule has 3 rings (SSSR count). The molecule has 0 aliphatic heterocycles. The quantitative estimate of drug-likeness (QED) is 0.748. The average Bonchev–Trinajstić information content (AvgIpc) is 2.97. The number of rotatable bonds is 3. The molecule has 114 valence electrons. The maximum atomic E-state index is 12.2. The van der Waals surface area contributed by atoms with Gasteiger partial charge in [-0.3, -0.25) is 9.78 Å². The molecular formula is C16H12ClN5O. The predicted octanol–water partition coefficient (Wildman–Crippen LogP) is 2.93. The largest absolute Gasteiger partial charge is 0.368 e. The van der Waals surface area contributed by atoms with E-state index in [1.807, 2.05) is 0 Å². The number of carbonyl (C=O) groups is 1. The third-order valence-corrected chi connectivity index (χ3v) is 3.30. The van der Waals surface area contributed by atoms with Crippen LogP contribution in [0, 0.1) is 0 Å². The van der Waals surface area contributed by atoms with Crippen LogP contribution < -0.4 is 5.73 Å². The van der Waals surface area contributed by atoms with Crippen LogP contribution in [0.1, 0.15) is 10.4 Å². The molecule has 0 atom stereocenters. The van der Waals surface area contributed by atoms with E-state index in [1.165, 1.54) is 6.08 Å². The Labute approximate surface area is 137 Å². The van der Waals surface area contributed by atoms with E-state index in [1.54, 1.807) is 54.9 Å². The Hall–Kier alpha value is -2.99. The molecule has 0 aliphatic carbocycles. The smallest absolute Gasteiger partial charge is 0.274 e. The molecule has 7 heteroatoms. The summed E-state index contributed by atoms with van der Waals surface area (Å²) in [5, 5.41) is 4.76. The first-order chi connectivity index (χ1) is 11.1. The zero-order valence-electron chi connectivity index (χ0n) is 11.9. The van der Waals surface area contributed by atoms with Crippen LogP contribution in [0.4, 0.5) is 5.95 Å². The van der Waals surface area contributed by atoms with Gasteiger partial charge in [0.15, 0.2) is 5.82 Å². The summed E-state index contributed by atoms with van der Waals surface area (Å²) in [6, 6.07) is 10.6. The Balaban J connectivity index is 1.83. The number of nitrogens with two attached hydrogens (primary N) is 1. The summed E-state index contributed by atoms with van der Waals surface area (Å²) in [5.74, 6) is -0.0152. The van der Waals surface area contributed by atoms with Crippen molar-refractivity contribution in [1.82, 2.24) is 19.7 Å². The predicted molar refractivity (Wildman–Crippen MR) is 88.8 cm³/mol. The summed E-state index contributed by atoms with van der Waals surface area (Å²) in [4.78, 5) is 20.3. The van der Waals surface area contributed by atoms with Crippen LogP contribution >= 0.6 is 11.6 Å². The van der Waals surface area contributed by atoms with Gasteiger partial charge in [0.05, 0.1) is 0 Å². The monoisotopic (exact) mass is 325 g/mol. The highest BCUT2D eigenvalue weighted by molar-refractivity contribution is 6.30. The third-order valence-electron chi connectivity index (χ3n) is 3.05. The van der Waals surface area contributed by atoms with Crippen LogP contribution in [0.5, 0.6) is 0 Å². The molecule has 1 aromatic carbocycles. The number of halogens is 1. The van der Waals surface area contributed by atoms with Crippen molar-refractivity contribution in [3.63, 3.8) is 0 Å². The van der Waals surface area contributed by atoms with E-state index < -0.39 is 0 Å². The lowest BCUT2D eigenvalue weighted by Crippen LogP contribution is -2.12. The summed E-state index contributed by atoms with van der Waals surface area (Å²) in [5.41, 5.74) is 7.29. The molecule has 0 fully saturated rings. The van der Waals surface area contributed by atoms with E-state index in [9.17, 15) is 4.79 Å². The number of allylic oxidation sites excluding steroid dienone is 1. The van der Waals surface area contributed by atoms with E-state index in [0.717, 1.165) is 10.2 Å². The highest BCUT2D eigenvalue weighted by Gasteiger charge is 2.13. The molecule has 2 aromatic heterocycles. The lowest BCUT2D eigenvalue weighted by atomic mass is 10.2. The maximum absolute atomic E-state index is 12.2. The van der Waals surface area contributed by atoms with Gasteiger partial charge in [-0.25, -0.2) is 0 Å². The second-order valence-electron chi connectivity index (χ2n) is 4.67. The summed E-state index contributed by atoms with van der Waals surface area (Å²) in [6.45, 7) is 0. The number of pyridine rings is 1. The van der Waals surface area contributed by atoms with Crippen molar-refractivity contribution in [2.24, 2.45) is 0 Å². The van der Waals surface area contributed by atoms with Gasteiger partial charge in [-0.05, 0) is 35.9 Å². The van der Waals surface area contributed by atoms with Crippen LogP contribution in [-0.2, 0) is 0 Å². The molecule has 6 nitrogen and oxygen atoms in total. The van der Waals surface area contributed by atoms with Crippen molar-refractivity contribution in [3.8, 4) is 11.4 Å². The van der Waals surface area contributed by atoms with E-state index in [4.69, 9.17) is 17.3 Å². The number of hydrogen-bond donors (Lipinski definition) is 1. The first-order valence-electron chi connectivity index (χ1n) is 6.74. The normalized spacial score (nSPS) is 11.0. The minimum Gasteiger partial charge on any atom is -0.368 e. The summed E-state index contributed by atoms with van der Waals surface area (Å²) < 4.78 is 1.05.